The zero-order valence-corrected chi connectivity index (χ0v) is 18.4. The number of carbonyl (C=O) groups is 1. The van der Waals surface area contributed by atoms with Gasteiger partial charge in [0.05, 0.1) is 11.4 Å². The molecule has 0 aliphatic heterocycles. The molecule has 166 valence electrons. The molecule has 0 aliphatic carbocycles. The highest BCUT2D eigenvalue weighted by molar-refractivity contribution is 8.15. The van der Waals surface area contributed by atoms with Crippen LogP contribution in [-0.4, -0.2) is 30.9 Å². The number of hydrogen-bond donors (Lipinski definition) is 2. The van der Waals surface area contributed by atoms with Crippen molar-refractivity contribution in [3.8, 4) is 5.88 Å². The second-order valence-corrected chi connectivity index (χ2v) is 7.91. The van der Waals surface area contributed by atoms with Gasteiger partial charge in [-0.2, -0.15) is 0 Å². The van der Waals surface area contributed by atoms with Crippen LogP contribution in [0.4, 0.5) is 15.8 Å². The van der Waals surface area contributed by atoms with Crippen LogP contribution in [0.2, 0.25) is 0 Å². The van der Waals surface area contributed by atoms with Gasteiger partial charge in [0, 0.05) is 19.8 Å². The van der Waals surface area contributed by atoms with E-state index in [-0.39, 0.29) is 22.3 Å². The van der Waals surface area contributed by atoms with Crippen LogP contribution in [0.3, 0.4) is 0 Å². The molecule has 0 aliphatic rings. The molecule has 1 heterocycles. The van der Waals surface area contributed by atoms with Crippen molar-refractivity contribution in [2.24, 2.45) is 19.1 Å². The van der Waals surface area contributed by atoms with E-state index >= 15 is 0 Å². The Bertz CT molecular complexity index is 1310. The molecule has 3 aromatic rings. The van der Waals surface area contributed by atoms with Gasteiger partial charge in [0.25, 0.3) is 5.56 Å². The van der Waals surface area contributed by atoms with Gasteiger partial charge in [0.15, 0.2) is 0 Å². The van der Waals surface area contributed by atoms with E-state index in [4.69, 9.17) is 0 Å². The number of thioether (sulfide) groups is 1. The van der Waals surface area contributed by atoms with E-state index < -0.39 is 22.9 Å². The Hall–Kier alpha value is -3.66. The summed E-state index contributed by atoms with van der Waals surface area (Å²) in [5.41, 5.74) is 0.140. The molecular weight excluding hydrogens is 435 g/mol. The Morgan fingerprint density at radius 1 is 1.09 bits per heavy atom. The number of para-hydroxylation sites is 1. The fraction of sp³-hybridized carbons (Fsp3) is 0.182. The Kier molecular flexibility index (Phi) is 6.94. The fourth-order valence-corrected chi connectivity index (χ4v) is 3.68. The van der Waals surface area contributed by atoms with Crippen molar-refractivity contribution >= 4 is 34.1 Å². The molecule has 0 fully saturated rings. The molecule has 1 aromatic heterocycles. The lowest BCUT2D eigenvalue weighted by molar-refractivity contribution is -0.113. The lowest BCUT2D eigenvalue weighted by Gasteiger charge is -2.13. The predicted octanol–water partition coefficient (Wildman–Crippen LogP) is 2.69. The van der Waals surface area contributed by atoms with Gasteiger partial charge in [-0.15, -0.1) is 0 Å². The number of aryl methyl sites for hydroxylation is 1. The molecule has 0 spiro atoms. The van der Waals surface area contributed by atoms with Gasteiger partial charge in [-0.05, 0) is 42.8 Å². The van der Waals surface area contributed by atoms with Gasteiger partial charge in [0.1, 0.15) is 16.4 Å². The number of hydrogen-bond acceptors (Lipinski definition) is 6. The van der Waals surface area contributed by atoms with Crippen LogP contribution >= 0.6 is 11.8 Å². The number of nitrogens with zero attached hydrogens (tertiary/aromatic N) is 3. The third kappa shape index (κ3) is 4.97. The smallest absolute Gasteiger partial charge is 0.333 e. The number of benzene rings is 2. The van der Waals surface area contributed by atoms with E-state index in [0.29, 0.717) is 11.4 Å². The van der Waals surface area contributed by atoms with Crippen LogP contribution in [0.25, 0.3) is 0 Å². The summed E-state index contributed by atoms with van der Waals surface area (Å²) in [4.78, 5) is 41.7. The van der Waals surface area contributed by atoms with Crippen molar-refractivity contribution in [3.63, 3.8) is 0 Å². The Morgan fingerprint density at radius 2 is 1.75 bits per heavy atom. The van der Waals surface area contributed by atoms with Crippen LogP contribution in [0.15, 0.2) is 63.1 Å². The van der Waals surface area contributed by atoms with Gasteiger partial charge in [-0.1, -0.05) is 30.0 Å². The highest BCUT2D eigenvalue weighted by Crippen LogP contribution is 2.24. The zero-order valence-electron chi connectivity index (χ0n) is 17.6. The normalized spacial score (nSPS) is 11.4. The second kappa shape index (κ2) is 9.65. The molecular formula is C22H21FN4O4S. The summed E-state index contributed by atoms with van der Waals surface area (Å²) < 4.78 is 15.0. The first-order valence-corrected chi connectivity index (χ1v) is 10.5. The Labute approximate surface area is 187 Å². The van der Waals surface area contributed by atoms with Gasteiger partial charge < -0.3 is 10.4 Å². The molecule has 32 heavy (non-hydrogen) atoms. The van der Waals surface area contributed by atoms with Gasteiger partial charge in [-0.25, -0.2) is 14.2 Å². The maximum absolute atomic E-state index is 13.3. The second-order valence-electron chi connectivity index (χ2n) is 6.95. The SMILES string of the molecule is Cc1ccccc1NC(=O)CSC(=Nc1ccc(F)cc1)c1c(O)n(C)c(=O)n(C)c1=O. The molecule has 1 amide bonds. The van der Waals surface area contributed by atoms with Crippen molar-refractivity contribution < 1.29 is 14.3 Å². The van der Waals surface area contributed by atoms with E-state index in [2.05, 4.69) is 10.3 Å². The van der Waals surface area contributed by atoms with Crippen LogP contribution in [-0.2, 0) is 18.9 Å². The van der Waals surface area contributed by atoms with Crippen LogP contribution < -0.4 is 16.6 Å². The molecule has 10 heteroatoms. The minimum absolute atomic E-state index is 0.0187. The average molecular weight is 456 g/mol. The third-order valence-corrected chi connectivity index (χ3v) is 5.64. The lowest BCUT2D eigenvalue weighted by atomic mass is 10.2. The Morgan fingerprint density at radius 3 is 2.41 bits per heavy atom. The highest BCUT2D eigenvalue weighted by Gasteiger charge is 2.22. The first-order valence-electron chi connectivity index (χ1n) is 9.51. The largest absolute Gasteiger partial charge is 0.494 e. The minimum atomic E-state index is -0.765. The predicted molar refractivity (Wildman–Crippen MR) is 123 cm³/mol. The fourth-order valence-electron chi connectivity index (χ4n) is 2.85. The lowest BCUT2D eigenvalue weighted by Crippen LogP contribution is -2.39. The standard InChI is InChI=1S/C22H21FN4O4S/c1-13-6-4-5-7-16(13)25-17(28)12-32-19(24-15-10-8-14(23)9-11-15)18-20(29)26(2)22(31)27(3)21(18)30/h4-11,29H,12H2,1-3H3,(H,25,28). The molecule has 8 nitrogen and oxygen atoms in total. The number of carbonyl (C=O) groups excluding carboxylic acids is 1. The summed E-state index contributed by atoms with van der Waals surface area (Å²) in [6.45, 7) is 1.86. The van der Waals surface area contributed by atoms with Crippen molar-refractivity contribution in [1.29, 1.82) is 0 Å². The summed E-state index contributed by atoms with van der Waals surface area (Å²) in [5.74, 6) is -1.51. The molecule has 0 saturated carbocycles. The van der Waals surface area contributed by atoms with E-state index in [0.717, 1.165) is 26.5 Å². The van der Waals surface area contributed by atoms with Crippen LogP contribution in [0, 0.1) is 12.7 Å². The van der Waals surface area contributed by atoms with Crippen molar-refractivity contribution in [1.82, 2.24) is 9.13 Å². The topological polar surface area (TPSA) is 106 Å². The average Bonchev–Trinajstić information content (AvgIpc) is 2.77. The minimum Gasteiger partial charge on any atom is -0.494 e. The maximum atomic E-state index is 13.3. The summed E-state index contributed by atoms with van der Waals surface area (Å²) in [6.07, 6.45) is 0. The molecule has 3 rings (SSSR count). The van der Waals surface area contributed by atoms with Crippen molar-refractivity contribution in [2.75, 3.05) is 11.1 Å². The summed E-state index contributed by atoms with van der Waals surface area (Å²) >= 11 is 0.914. The number of nitrogens with one attached hydrogen (secondary N) is 1. The van der Waals surface area contributed by atoms with Gasteiger partial charge in [-0.3, -0.25) is 18.7 Å². The van der Waals surface area contributed by atoms with Gasteiger partial charge >= 0.3 is 5.69 Å². The first kappa shape index (κ1) is 23.0. The number of amides is 1. The molecule has 0 unspecified atom stereocenters. The first-order chi connectivity index (χ1) is 15.2. The summed E-state index contributed by atoms with van der Waals surface area (Å²) in [6, 6.07) is 12.5. The van der Waals surface area contributed by atoms with Crippen LogP contribution in [0.1, 0.15) is 11.1 Å². The maximum Gasteiger partial charge on any atom is 0.333 e. The number of halogens is 1. The number of anilines is 1. The molecule has 0 atom stereocenters. The summed E-state index contributed by atoms with van der Waals surface area (Å²) in [5, 5.41) is 13.3. The number of aromatic nitrogens is 2. The number of aromatic hydroxyl groups is 1. The molecule has 0 saturated heterocycles. The number of rotatable bonds is 5. The monoisotopic (exact) mass is 456 g/mol. The molecule has 0 bridgehead atoms. The zero-order chi connectivity index (χ0) is 23.4. The Balaban J connectivity index is 1.99. The quantitative estimate of drug-likeness (QED) is 0.454. The van der Waals surface area contributed by atoms with Crippen LogP contribution in [0.5, 0.6) is 5.88 Å². The van der Waals surface area contributed by atoms with E-state index in [1.54, 1.807) is 12.1 Å². The third-order valence-electron chi connectivity index (χ3n) is 4.66. The van der Waals surface area contributed by atoms with Crippen molar-refractivity contribution in [2.45, 2.75) is 6.92 Å². The number of aliphatic imine (C=N–C) groups is 1. The van der Waals surface area contributed by atoms with E-state index in [1.165, 1.54) is 38.4 Å². The van der Waals surface area contributed by atoms with Crippen molar-refractivity contribution in [3.05, 3.63) is 86.3 Å². The molecule has 2 aromatic carbocycles. The molecule has 0 radical (unpaired) electrons. The molecule has 2 N–H and O–H groups in total. The van der Waals surface area contributed by atoms with Gasteiger partial charge in [0.2, 0.25) is 11.8 Å². The summed E-state index contributed by atoms with van der Waals surface area (Å²) in [7, 11) is 2.59. The van der Waals surface area contributed by atoms with E-state index in [9.17, 15) is 23.9 Å². The van der Waals surface area contributed by atoms with E-state index in [1.807, 2.05) is 19.1 Å². The highest BCUT2D eigenvalue weighted by atomic mass is 32.2.